The van der Waals surface area contributed by atoms with Gasteiger partial charge in [0.25, 0.3) is 10.0 Å². The van der Waals surface area contributed by atoms with E-state index < -0.39 is 10.0 Å². The predicted octanol–water partition coefficient (Wildman–Crippen LogP) is 0.160. The molecule has 19 heavy (non-hydrogen) atoms. The van der Waals surface area contributed by atoms with Crippen molar-refractivity contribution in [3.05, 3.63) is 11.6 Å². The molecule has 106 valence electrons. The van der Waals surface area contributed by atoms with Crippen molar-refractivity contribution in [1.82, 2.24) is 18.6 Å². The summed E-state index contributed by atoms with van der Waals surface area (Å²) in [5.41, 5.74) is 5.74. The number of nitrogens with zero attached hydrogens (tertiary/aromatic N) is 4. The first-order valence-electron chi connectivity index (χ1n) is 5.66. The summed E-state index contributed by atoms with van der Waals surface area (Å²) in [6.45, 7) is 1.04. The summed E-state index contributed by atoms with van der Waals surface area (Å²) in [4.78, 5) is 6.56. The Kier molecular flexibility index (Phi) is 3.81. The number of rotatable bonds is 5. The third kappa shape index (κ3) is 2.59. The van der Waals surface area contributed by atoms with Crippen LogP contribution in [0.25, 0.3) is 4.96 Å². The minimum atomic E-state index is -3.63. The minimum absolute atomic E-state index is 0.0450. The third-order valence-corrected chi connectivity index (χ3v) is 5.41. The fraction of sp³-hybridized carbons (Fsp3) is 0.500. The van der Waals surface area contributed by atoms with Gasteiger partial charge in [0.05, 0.1) is 0 Å². The van der Waals surface area contributed by atoms with E-state index in [0.29, 0.717) is 18.1 Å². The standard InChI is InChI=1S/C10H17N5O2S2/c1-13(2)4-5-14(3)19(16,17)9-8(11)12-10-15(9)6-7-18-10/h6-7H,4-5,11H2,1-3H3. The second-order valence-corrected chi connectivity index (χ2v) is 7.32. The first-order chi connectivity index (χ1) is 8.84. The van der Waals surface area contributed by atoms with Gasteiger partial charge in [-0.2, -0.15) is 4.31 Å². The van der Waals surface area contributed by atoms with E-state index in [2.05, 4.69) is 4.98 Å². The smallest absolute Gasteiger partial charge is 0.262 e. The van der Waals surface area contributed by atoms with Crippen molar-refractivity contribution in [1.29, 1.82) is 0 Å². The molecule has 0 amide bonds. The van der Waals surface area contributed by atoms with Crippen LogP contribution in [0.2, 0.25) is 0 Å². The van der Waals surface area contributed by atoms with E-state index in [0.717, 1.165) is 0 Å². The van der Waals surface area contributed by atoms with Gasteiger partial charge in [-0.05, 0) is 14.1 Å². The molecule has 0 atom stereocenters. The summed E-state index contributed by atoms with van der Waals surface area (Å²) in [6.07, 6.45) is 1.66. The molecule has 0 aliphatic heterocycles. The number of anilines is 1. The van der Waals surface area contributed by atoms with Crippen molar-refractivity contribution in [2.45, 2.75) is 5.03 Å². The molecule has 0 fully saturated rings. The van der Waals surface area contributed by atoms with Gasteiger partial charge in [0.15, 0.2) is 15.8 Å². The molecule has 0 aliphatic rings. The maximum absolute atomic E-state index is 12.5. The van der Waals surface area contributed by atoms with Crippen LogP contribution in [0, 0.1) is 0 Å². The molecule has 0 unspecified atom stereocenters. The normalized spacial score (nSPS) is 12.9. The van der Waals surface area contributed by atoms with Gasteiger partial charge in [0.2, 0.25) is 0 Å². The lowest BCUT2D eigenvalue weighted by Crippen LogP contribution is -2.34. The molecule has 9 heteroatoms. The average molecular weight is 303 g/mol. The molecule has 0 aliphatic carbocycles. The Bertz CT molecular complexity index is 673. The molecular formula is C10H17N5O2S2. The fourth-order valence-corrected chi connectivity index (χ4v) is 3.75. The predicted molar refractivity (Wildman–Crippen MR) is 75.9 cm³/mol. The van der Waals surface area contributed by atoms with Crippen LogP contribution in [-0.2, 0) is 10.0 Å². The second-order valence-electron chi connectivity index (χ2n) is 4.49. The molecule has 7 nitrogen and oxygen atoms in total. The molecule has 2 rings (SSSR count). The lowest BCUT2D eigenvalue weighted by Gasteiger charge is -2.19. The zero-order valence-corrected chi connectivity index (χ0v) is 12.7. The first-order valence-corrected chi connectivity index (χ1v) is 7.98. The van der Waals surface area contributed by atoms with Crippen LogP contribution in [0.3, 0.4) is 0 Å². The summed E-state index contributed by atoms with van der Waals surface area (Å²) < 4.78 is 27.8. The number of aromatic nitrogens is 2. The summed E-state index contributed by atoms with van der Waals surface area (Å²) in [5, 5.41) is 1.82. The van der Waals surface area contributed by atoms with Crippen molar-refractivity contribution in [3.8, 4) is 0 Å². The van der Waals surface area contributed by atoms with Gasteiger partial charge < -0.3 is 10.6 Å². The number of likely N-dealkylation sites (N-methyl/N-ethyl adjacent to an activating group) is 2. The topological polar surface area (TPSA) is 83.9 Å². The lowest BCUT2D eigenvalue weighted by atomic mass is 10.6. The maximum atomic E-state index is 12.5. The molecule has 2 aromatic rings. The van der Waals surface area contributed by atoms with E-state index in [4.69, 9.17) is 5.73 Å². The molecule has 0 saturated carbocycles. The van der Waals surface area contributed by atoms with Gasteiger partial charge in [-0.1, -0.05) is 0 Å². The van der Waals surface area contributed by atoms with Gasteiger partial charge in [-0.3, -0.25) is 4.40 Å². The fourth-order valence-electron chi connectivity index (χ4n) is 1.65. The maximum Gasteiger partial charge on any atom is 0.262 e. The van der Waals surface area contributed by atoms with Crippen LogP contribution in [0.1, 0.15) is 0 Å². The number of hydrogen-bond acceptors (Lipinski definition) is 6. The van der Waals surface area contributed by atoms with Crippen LogP contribution in [0.15, 0.2) is 16.6 Å². The molecule has 0 saturated heterocycles. The third-order valence-electron chi connectivity index (χ3n) is 2.76. The Labute approximate surface area is 116 Å². The van der Waals surface area contributed by atoms with Crippen LogP contribution < -0.4 is 5.73 Å². The van der Waals surface area contributed by atoms with Gasteiger partial charge >= 0.3 is 0 Å². The highest BCUT2D eigenvalue weighted by Crippen LogP contribution is 2.25. The Balaban J connectivity index is 2.38. The van der Waals surface area contributed by atoms with Crippen molar-refractivity contribution in [2.24, 2.45) is 0 Å². The molecule has 0 bridgehead atoms. The number of hydrogen-bond donors (Lipinski definition) is 1. The number of nitrogen functional groups attached to an aromatic ring is 1. The highest BCUT2D eigenvalue weighted by molar-refractivity contribution is 7.89. The van der Waals surface area contributed by atoms with Gasteiger partial charge in [0, 0.05) is 31.7 Å². The number of fused-ring (bicyclic) bond motifs is 1. The van der Waals surface area contributed by atoms with E-state index in [9.17, 15) is 8.42 Å². The minimum Gasteiger partial charge on any atom is -0.381 e. The van der Waals surface area contributed by atoms with Crippen molar-refractivity contribution < 1.29 is 8.42 Å². The summed E-state index contributed by atoms with van der Waals surface area (Å²) in [6, 6.07) is 0. The van der Waals surface area contributed by atoms with Crippen molar-refractivity contribution in [3.63, 3.8) is 0 Å². The highest BCUT2D eigenvalue weighted by Gasteiger charge is 2.28. The van der Waals surface area contributed by atoms with E-state index in [1.54, 1.807) is 18.6 Å². The Hall–Kier alpha value is -1.16. The second kappa shape index (κ2) is 5.08. The van der Waals surface area contributed by atoms with Crippen LogP contribution >= 0.6 is 11.3 Å². The Morgan fingerprint density at radius 2 is 2.05 bits per heavy atom. The van der Waals surface area contributed by atoms with Crippen LogP contribution in [0.4, 0.5) is 5.82 Å². The summed E-state index contributed by atoms with van der Waals surface area (Å²) in [5.74, 6) is 0.0450. The SMILES string of the molecule is CN(C)CCN(C)S(=O)(=O)c1c(N)nc2sccn12. The molecule has 2 aromatic heterocycles. The number of thiazole rings is 1. The number of sulfonamides is 1. The zero-order chi connectivity index (χ0) is 14.2. The molecule has 0 aromatic carbocycles. The van der Waals surface area contributed by atoms with Crippen molar-refractivity contribution in [2.75, 3.05) is 40.0 Å². The van der Waals surface area contributed by atoms with Crippen LogP contribution in [0.5, 0.6) is 0 Å². The Morgan fingerprint density at radius 1 is 1.37 bits per heavy atom. The highest BCUT2D eigenvalue weighted by atomic mass is 32.2. The van der Waals surface area contributed by atoms with Gasteiger partial charge in [0.1, 0.15) is 0 Å². The van der Waals surface area contributed by atoms with E-state index in [1.165, 1.54) is 20.0 Å². The van der Waals surface area contributed by atoms with E-state index in [1.807, 2.05) is 19.0 Å². The lowest BCUT2D eigenvalue weighted by molar-refractivity contribution is 0.358. The van der Waals surface area contributed by atoms with Crippen molar-refractivity contribution >= 4 is 32.1 Å². The molecule has 0 spiro atoms. The van der Waals surface area contributed by atoms with Crippen LogP contribution in [-0.4, -0.2) is 61.2 Å². The molecule has 0 radical (unpaired) electrons. The largest absolute Gasteiger partial charge is 0.381 e. The molecule has 2 N–H and O–H groups in total. The summed E-state index contributed by atoms with van der Waals surface area (Å²) in [7, 11) is 1.70. The van der Waals surface area contributed by atoms with E-state index >= 15 is 0 Å². The number of nitrogens with two attached hydrogens (primary N) is 1. The average Bonchev–Trinajstić information content (AvgIpc) is 2.84. The quantitative estimate of drug-likeness (QED) is 0.850. The van der Waals surface area contributed by atoms with E-state index in [-0.39, 0.29) is 10.8 Å². The Morgan fingerprint density at radius 3 is 2.68 bits per heavy atom. The zero-order valence-electron chi connectivity index (χ0n) is 11.1. The number of imidazole rings is 1. The summed E-state index contributed by atoms with van der Waals surface area (Å²) >= 11 is 1.35. The molecular weight excluding hydrogens is 286 g/mol. The van der Waals surface area contributed by atoms with Gasteiger partial charge in [-0.15, -0.1) is 11.3 Å². The molecule has 2 heterocycles. The van der Waals surface area contributed by atoms with Gasteiger partial charge in [-0.25, -0.2) is 13.4 Å². The first kappa shape index (κ1) is 14.3. The monoisotopic (exact) mass is 303 g/mol.